The van der Waals surface area contributed by atoms with Gasteiger partial charge in [0.25, 0.3) is 0 Å². The molecule has 0 saturated carbocycles. The lowest BCUT2D eigenvalue weighted by Gasteiger charge is -2.12. The molecule has 0 bridgehead atoms. The van der Waals surface area contributed by atoms with Crippen LogP contribution in [0, 0.1) is 0 Å². The van der Waals surface area contributed by atoms with E-state index in [9.17, 15) is 5.11 Å². The third kappa shape index (κ3) is 2.41. The Hall–Kier alpha value is -2.92. The molecule has 2 aromatic carbocycles. The molecule has 5 nitrogen and oxygen atoms in total. The Bertz CT molecular complexity index is 977. The third-order valence-electron chi connectivity index (χ3n) is 3.85. The molecule has 2 aromatic heterocycles. The highest BCUT2D eigenvalue weighted by Crippen LogP contribution is 2.22. The van der Waals surface area contributed by atoms with Crippen molar-refractivity contribution in [2.75, 3.05) is 0 Å². The zero-order valence-corrected chi connectivity index (χ0v) is 12.6. The van der Waals surface area contributed by atoms with Crippen LogP contribution in [0.4, 0.5) is 0 Å². The van der Waals surface area contributed by atoms with E-state index < -0.39 is 6.10 Å². The van der Waals surface area contributed by atoms with Crippen LogP contribution in [-0.2, 0) is 0 Å². The van der Waals surface area contributed by atoms with E-state index in [0.717, 1.165) is 27.8 Å². The maximum Gasteiger partial charge on any atom is 0.133 e. The van der Waals surface area contributed by atoms with Crippen molar-refractivity contribution < 1.29 is 5.11 Å². The van der Waals surface area contributed by atoms with Gasteiger partial charge in [-0.3, -0.25) is 4.57 Å². The number of benzene rings is 2. The number of aromatic amines is 1. The number of para-hydroxylation sites is 4. The number of rotatable bonds is 3. The summed E-state index contributed by atoms with van der Waals surface area (Å²) in [7, 11) is 0. The Morgan fingerprint density at radius 2 is 1.87 bits per heavy atom. The largest absolute Gasteiger partial charge is 0.387 e. The maximum absolute atomic E-state index is 10.2. The molecule has 0 aliphatic rings. The Kier molecular flexibility index (Phi) is 3.20. The minimum absolute atomic E-state index is 0.652. The smallest absolute Gasteiger partial charge is 0.133 e. The summed E-state index contributed by atoms with van der Waals surface area (Å²) in [5.74, 6) is 0.708. The van der Waals surface area contributed by atoms with Crippen LogP contribution in [0.15, 0.2) is 54.9 Å². The lowest BCUT2D eigenvalue weighted by molar-refractivity contribution is 0.248. The molecule has 0 radical (unpaired) electrons. The van der Waals surface area contributed by atoms with Crippen LogP contribution in [0.2, 0.25) is 0 Å². The van der Waals surface area contributed by atoms with Gasteiger partial charge < -0.3 is 10.1 Å². The summed E-state index contributed by atoms with van der Waals surface area (Å²) in [6, 6.07) is 15.7. The SMILES string of the molecule is CC(O)C(=Cc1nc2ccccc2[nH]1)n1cnc2ccccc21. The van der Waals surface area contributed by atoms with Crippen molar-refractivity contribution in [3.8, 4) is 0 Å². The molecule has 1 unspecified atom stereocenters. The zero-order valence-electron chi connectivity index (χ0n) is 12.6. The van der Waals surface area contributed by atoms with Crippen LogP contribution in [0.3, 0.4) is 0 Å². The van der Waals surface area contributed by atoms with E-state index in [-0.39, 0.29) is 0 Å². The second-order valence-corrected chi connectivity index (χ2v) is 5.49. The number of nitrogens with zero attached hydrogens (tertiary/aromatic N) is 3. The van der Waals surface area contributed by atoms with Gasteiger partial charge in [-0.2, -0.15) is 0 Å². The van der Waals surface area contributed by atoms with Crippen LogP contribution < -0.4 is 0 Å². The fraction of sp³-hybridized carbons (Fsp3) is 0.111. The number of hydrogen-bond donors (Lipinski definition) is 2. The van der Waals surface area contributed by atoms with E-state index >= 15 is 0 Å². The van der Waals surface area contributed by atoms with Gasteiger partial charge in [0, 0.05) is 6.08 Å². The van der Waals surface area contributed by atoms with Crippen LogP contribution in [0.1, 0.15) is 12.7 Å². The molecule has 5 heteroatoms. The lowest BCUT2D eigenvalue weighted by Crippen LogP contribution is -2.10. The first-order valence-electron chi connectivity index (χ1n) is 7.49. The van der Waals surface area contributed by atoms with Crippen molar-refractivity contribution in [2.24, 2.45) is 0 Å². The third-order valence-corrected chi connectivity index (χ3v) is 3.85. The number of aromatic nitrogens is 4. The molecule has 2 heterocycles. The van der Waals surface area contributed by atoms with Crippen LogP contribution in [0.25, 0.3) is 33.8 Å². The highest BCUT2D eigenvalue weighted by molar-refractivity contribution is 5.84. The number of hydrogen-bond acceptors (Lipinski definition) is 3. The molecular weight excluding hydrogens is 288 g/mol. The van der Waals surface area contributed by atoms with Gasteiger partial charge in [0.2, 0.25) is 0 Å². The summed E-state index contributed by atoms with van der Waals surface area (Å²) < 4.78 is 1.90. The fourth-order valence-corrected chi connectivity index (χ4v) is 2.74. The van der Waals surface area contributed by atoms with Gasteiger partial charge in [-0.25, -0.2) is 9.97 Å². The van der Waals surface area contributed by atoms with Crippen molar-refractivity contribution in [3.05, 3.63) is 60.7 Å². The summed E-state index contributed by atoms with van der Waals surface area (Å²) >= 11 is 0. The average molecular weight is 304 g/mol. The van der Waals surface area contributed by atoms with Gasteiger partial charge in [-0.1, -0.05) is 24.3 Å². The minimum Gasteiger partial charge on any atom is -0.387 e. The second kappa shape index (κ2) is 5.37. The van der Waals surface area contributed by atoms with Crippen molar-refractivity contribution in [1.29, 1.82) is 0 Å². The number of aliphatic hydroxyl groups excluding tert-OH is 1. The zero-order chi connectivity index (χ0) is 15.8. The van der Waals surface area contributed by atoms with Gasteiger partial charge in [0.15, 0.2) is 0 Å². The number of imidazole rings is 2. The van der Waals surface area contributed by atoms with Gasteiger partial charge >= 0.3 is 0 Å². The molecule has 4 rings (SSSR count). The highest BCUT2D eigenvalue weighted by atomic mass is 16.3. The topological polar surface area (TPSA) is 66.7 Å². The van der Waals surface area contributed by atoms with Gasteiger partial charge in [-0.05, 0) is 31.2 Å². The van der Waals surface area contributed by atoms with Gasteiger partial charge in [-0.15, -0.1) is 0 Å². The monoisotopic (exact) mass is 304 g/mol. The van der Waals surface area contributed by atoms with Crippen LogP contribution in [-0.4, -0.2) is 30.7 Å². The molecule has 0 aliphatic carbocycles. The van der Waals surface area contributed by atoms with Crippen molar-refractivity contribution in [1.82, 2.24) is 19.5 Å². The fourth-order valence-electron chi connectivity index (χ4n) is 2.74. The van der Waals surface area contributed by atoms with Gasteiger partial charge in [0.05, 0.1) is 33.9 Å². The maximum atomic E-state index is 10.2. The summed E-state index contributed by atoms with van der Waals surface area (Å²) in [5.41, 5.74) is 4.44. The average Bonchev–Trinajstić information content (AvgIpc) is 3.15. The first-order chi connectivity index (χ1) is 11.2. The molecular formula is C18H16N4O. The molecule has 114 valence electrons. The Balaban J connectivity index is 1.87. The minimum atomic E-state index is -0.652. The summed E-state index contributed by atoms with van der Waals surface area (Å²) in [5, 5.41) is 10.2. The van der Waals surface area contributed by atoms with Gasteiger partial charge in [0.1, 0.15) is 12.2 Å². The number of aliphatic hydroxyl groups is 1. The second-order valence-electron chi connectivity index (χ2n) is 5.49. The van der Waals surface area contributed by atoms with E-state index in [4.69, 9.17) is 0 Å². The standard InChI is InChI=1S/C18H16N4O/c1-12(23)17(22-11-19-15-8-4-5-9-16(15)22)10-18-20-13-6-2-3-7-14(13)21-18/h2-12,23H,1H3,(H,20,21). The van der Waals surface area contributed by atoms with E-state index in [1.54, 1.807) is 13.3 Å². The molecule has 0 fully saturated rings. The molecule has 4 aromatic rings. The predicted octanol–water partition coefficient (Wildman–Crippen LogP) is 3.29. The van der Waals surface area contributed by atoms with Crippen LogP contribution >= 0.6 is 0 Å². The predicted molar refractivity (Wildman–Crippen MR) is 91.7 cm³/mol. The first kappa shape index (κ1) is 13.7. The Morgan fingerprint density at radius 3 is 2.65 bits per heavy atom. The molecule has 0 amide bonds. The van der Waals surface area contributed by atoms with E-state index in [1.807, 2.05) is 59.2 Å². The van der Waals surface area contributed by atoms with E-state index in [2.05, 4.69) is 15.0 Å². The molecule has 0 aliphatic heterocycles. The summed E-state index contributed by atoms with van der Waals surface area (Å²) in [4.78, 5) is 12.2. The van der Waals surface area contributed by atoms with Crippen LogP contribution in [0.5, 0.6) is 0 Å². The molecule has 1 atom stereocenters. The number of nitrogens with one attached hydrogen (secondary N) is 1. The Labute approximate surface area is 132 Å². The number of fused-ring (bicyclic) bond motifs is 2. The van der Waals surface area contributed by atoms with Crippen molar-refractivity contribution in [3.63, 3.8) is 0 Å². The highest BCUT2D eigenvalue weighted by Gasteiger charge is 2.12. The first-order valence-corrected chi connectivity index (χ1v) is 7.49. The van der Waals surface area contributed by atoms with Crippen molar-refractivity contribution >= 4 is 33.8 Å². The summed E-state index contributed by atoms with van der Waals surface area (Å²) in [6.45, 7) is 1.74. The molecule has 0 saturated heterocycles. The van der Waals surface area contributed by atoms with Crippen molar-refractivity contribution in [2.45, 2.75) is 13.0 Å². The lowest BCUT2D eigenvalue weighted by atomic mass is 10.2. The summed E-state index contributed by atoms with van der Waals surface area (Å²) in [6.07, 6.45) is 2.94. The van der Waals surface area contributed by atoms with E-state index in [1.165, 1.54) is 0 Å². The quantitative estimate of drug-likeness (QED) is 0.610. The molecule has 23 heavy (non-hydrogen) atoms. The molecule has 0 spiro atoms. The number of H-pyrrole nitrogens is 1. The molecule has 2 N–H and O–H groups in total. The normalized spacial score (nSPS) is 13.7. The van der Waals surface area contributed by atoms with E-state index in [0.29, 0.717) is 5.82 Å². The Morgan fingerprint density at radius 1 is 1.13 bits per heavy atom.